The molecule has 0 radical (unpaired) electrons. The Morgan fingerprint density at radius 1 is 0.389 bits per heavy atom. The first-order valence-corrected chi connectivity index (χ1v) is 23.7. The van der Waals surface area contributed by atoms with Crippen LogP contribution in [0.25, 0.3) is 0 Å². The molecule has 3 aromatic rings. The van der Waals surface area contributed by atoms with E-state index in [2.05, 4.69) is 10.6 Å². The molecule has 2 heterocycles. The highest BCUT2D eigenvalue weighted by atomic mass is 32.2. The first-order valence-electron chi connectivity index (χ1n) is 21.9. The SMILES string of the molecule is CC(=O)OC[C@H]1O[C@@H](Sc2ccc(NC(=O)c3ccc(C(=O)Nc4ccc(S[C@@H]5O[C@H](COC(C)=O)[C@@H](OC(C)=O)[C@H](OC(C)=O)[C@H]5OC(C)=O)cc4)cc3)cc2)[C@H](OC(C)=O)[C@@H](OC(C)=O)[C@@H]1OC(C)=O. The van der Waals surface area contributed by atoms with Crippen LogP contribution < -0.4 is 10.6 Å². The highest BCUT2D eigenvalue weighted by Crippen LogP contribution is 2.40. The van der Waals surface area contributed by atoms with Gasteiger partial charge in [0.1, 0.15) is 36.3 Å². The molecule has 2 N–H and O–H groups in total. The molecule has 10 atom stereocenters. The summed E-state index contributed by atoms with van der Waals surface area (Å²) in [5.41, 5.74) is -0.881. The van der Waals surface area contributed by atoms with E-state index in [1.54, 1.807) is 48.5 Å². The molecule has 5 rings (SSSR count). The normalized spacial score (nSPS) is 23.4. The Bertz CT molecular complexity index is 2320. The molecule has 0 aliphatic carbocycles. The van der Waals surface area contributed by atoms with Gasteiger partial charge in [-0.2, -0.15) is 0 Å². The molecule has 22 nitrogen and oxygen atoms in total. The standard InChI is InChI=1S/C48H52N2O20S2/c1-23(51)61-21-37-39(63-25(3)53)41(65-27(5)55)43(67-29(7)57)47(69-37)71-35-17-13-33(14-18-35)49-45(59)31-9-11-32(12-10-31)46(60)50-34-15-19-36(20-16-34)72-48-44(68-30(8)58)42(66-28(6)56)40(64-26(4)54)38(70-48)22-62-24(2)52/h9-20,37-44,47-48H,21-22H2,1-8H3,(H,49,59)(H,50,60)/t37-,38-,39-,40-,41+,42+,43-,44-,47+,48+/m1/s1. The zero-order valence-electron chi connectivity index (χ0n) is 40.1. The quantitative estimate of drug-likeness (QED) is 0.131. The number of hydrogen-bond donors (Lipinski definition) is 2. The van der Waals surface area contributed by atoms with E-state index < -0.39 is 119 Å². The van der Waals surface area contributed by atoms with Crippen molar-refractivity contribution in [1.82, 2.24) is 0 Å². The fraction of sp³-hybridized carbons (Fsp3) is 0.417. The third kappa shape index (κ3) is 16.5. The van der Waals surface area contributed by atoms with Crippen LogP contribution in [0.2, 0.25) is 0 Å². The summed E-state index contributed by atoms with van der Waals surface area (Å²) < 4.78 is 55.5. The van der Waals surface area contributed by atoms with E-state index in [-0.39, 0.29) is 24.3 Å². The molecule has 0 aromatic heterocycles. The van der Waals surface area contributed by atoms with Crippen molar-refractivity contribution in [2.24, 2.45) is 0 Å². The molecule has 0 spiro atoms. The van der Waals surface area contributed by atoms with Crippen LogP contribution in [0.3, 0.4) is 0 Å². The number of ether oxygens (including phenoxy) is 10. The van der Waals surface area contributed by atoms with Crippen molar-refractivity contribution in [2.75, 3.05) is 23.8 Å². The lowest BCUT2D eigenvalue weighted by Gasteiger charge is -2.44. The minimum atomic E-state index is -1.34. The van der Waals surface area contributed by atoms with Crippen LogP contribution in [0.15, 0.2) is 82.6 Å². The Kier molecular flexibility index (Phi) is 20.1. The monoisotopic (exact) mass is 1040 g/mol. The third-order valence-corrected chi connectivity index (χ3v) is 12.3. The van der Waals surface area contributed by atoms with E-state index in [1.165, 1.54) is 38.1 Å². The predicted octanol–water partition coefficient (Wildman–Crippen LogP) is 4.54. The summed E-state index contributed by atoms with van der Waals surface area (Å²) in [7, 11) is 0. The number of amides is 2. The number of benzene rings is 3. The maximum atomic E-state index is 13.3. The van der Waals surface area contributed by atoms with Gasteiger partial charge in [-0.15, -0.1) is 0 Å². The zero-order valence-corrected chi connectivity index (χ0v) is 41.7. The molecule has 0 saturated carbocycles. The molecule has 2 fully saturated rings. The van der Waals surface area contributed by atoms with Gasteiger partial charge in [-0.1, -0.05) is 23.5 Å². The average molecular weight is 1040 g/mol. The molecule has 2 amide bonds. The molecule has 3 aromatic carbocycles. The minimum absolute atomic E-state index is 0.228. The van der Waals surface area contributed by atoms with E-state index in [1.807, 2.05) is 0 Å². The maximum Gasteiger partial charge on any atom is 0.303 e. The van der Waals surface area contributed by atoms with E-state index in [0.29, 0.717) is 21.2 Å². The Hall–Kier alpha value is -7.02. The first-order chi connectivity index (χ1) is 34.1. The van der Waals surface area contributed by atoms with Crippen molar-refractivity contribution in [3.63, 3.8) is 0 Å². The van der Waals surface area contributed by atoms with Crippen molar-refractivity contribution >= 4 is 94.5 Å². The zero-order chi connectivity index (χ0) is 52.8. The Morgan fingerprint density at radius 2 is 0.667 bits per heavy atom. The summed E-state index contributed by atoms with van der Waals surface area (Å²) in [6.45, 7) is 8.39. The molecule has 72 heavy (non-hydrogen) atoms. The molecular weight excluding hydrogens is 989 g/mol. The maximum absolute atomic E-state index is 13.3. The van der Waals surface area contributed by atoms with Crippen molar-refractivity contribution in [2.45, 2.75) is 125 Å². The summed E-state index contributed by atoms with van der Waals surface area (Å²) in [5.74, 6) is -6.79. The number of carbonyl (C=O) groups excluding carboxylic acids is 10. The number of nitrogens with one attached hydrogen (secondary N) is 2. The Morgan fingerprint density at radius 3 is 0.944 bits per heavy atom. The van der Waals surface area contributed by atoms with Gasteiger partial charge in [0.15, 0.2) is 36.6 Å². The molecule has 0 unspecified atom stereocenters. The molecular formula is C48H52N2O20S2. The van der Waals surface area contributed by atoms with Crippen LogP contribution >= 0.6 is 23.5 Å². The lowest BCUT2D eigenvalue weighted by Crippen LogP contribution is -2.61. The van der Waals surface area contributed by atoms with Gasteiger partial charge in [0, 0.05) is 87.7 Å². The summed E-state index contributed by atoms with van der Waals surface area (Å²) in [5, 5.41) is 5.56. The van der Waals surface area contributed by atoms with Gasteiger partial charge >= 0.3 is 47.8 Å². The fourth-order valence-electron chi connectivity index (χ4n) is 7.25. The lowest BCUT2D eigenvalue weighted by molar-refractivity contribution is -0.237. The van der Waals surface area contributed by atoms with E-state index in [4.69, 9.17) is 47.4 Å². The van der Waals surface area contributed by atoms with Gasteiger partial charge in [-0.3, -0.25) is 47.9 Å². The Balaban J connectivity index is 1.22. The summed E-state index contributed by atoms with van der Waals surface area (Å²) in [6.07, 6.45) is -10.1. The number of esters is 8. The van der Waals surface area contributed by atoms with Crippen molar-refractivity contribution in [3.8, 4) is 0 Å². The lowest BCUT2D eigenvalue weighted by atomic mass is 9.99. The molecule has 24 heteroatoms. The molecule has 386 valence electrons. The summed E-state index contributed by atoms with van der Waals surface area (Å²) >= 11 is 2.13. The fourth-order valence-corrected chi connectivity index (χ4v) is 9.46. The minimum Gasteiger partial charge on any atom is -0.463 e. The van der Waals surface area contributed by atoms with Crippen LogP contribution in [0.5, 0.6) is 0 Å². The van der Waals surface area contributed by atoms with Crippen LogP contribution in [-0.2, 0) is 85.7 Å². The van der Waals surface area contributed by atoms with Crippen LogP contribution in [-0.4, -0.2) is 132 Å². The van der Waals surface area contributed by atoms with Crippen LogP contribution in [0, 0.1) is 0 Å². The van der Waals surface area contributed by atoms with E-state index in [0.717, 1.165) is 65.1 Å². The van der Waals surface area contributed by atoms with Crippen LogP contribution in [0.1, 0.15) is 76.1 Å². The van der Waals surface area contributed by atoms with Crippen LogP contribution in [0.4, 0.5) is 11.4 Å². The van der Waals surface area contributed by atoms with E-state index >= 15 is 0 Å². The highest BCUT2D eigenvalue weighted by molar-refractivity contribution is 8.00. The molecule has 2 aliphatic heterocycles. The summed E-state index contributed by atoms with van der Waals surface area (Å²) in [6, 6.07) is 18.8. The number of hydrogen-bond acceptors (Lipinski definition) is 22. The highest BCUT2D eigenvalue weighted by Gasteiger charge is 2.54. The van der Waals surface area contributed by atoms with Crippen molar-refractivity contribution < 1.29 is 95.3 Å². The largest absolute Gasteiger partial charge is 0.463 e. The van der Waals surface area contributed by atoms with E-state index in [9.17, 15) is 47.9 Å². The summed E-state index contributed by atoms with van der Waals surface area (Å²) in [4.78, 5) is 124. The number of rotatable bonds is 18. The number of carbonyl (C=O) groups is 10. The number of anilines is 2. The predicted molar refractivity (Wildman–Crippen MR) is 251 cm³/mol. The van der Waals surface area contributed by atoms with Gasteiger partial charge in [0.2, 0.25) is 0 Å². The first kappa shape index (κ1) is 55.9. The van der Waals surface area contributed by atoms with Gasteiger partial charge < -0.3 is 58.0 Å². The van der Waals surface area contributed by atoms with Crippen molar-refractivity contribution in [1.29, 1.82) is 0 Å². The second kappa shape index (κ2) is 25.9. The third-order valence-electron chi connectivity index (χ3n) is 10.0. The molecule has 0 bridgehead atoms. The molecule has 2 aliphatic rings. The number of thioether (sulfide) groups is 2. The van der Waals surface area contributed by atoms with Gasteiger partial charge in [0.25, 0.3) is 11.8 Å². The molecule has 2 saturated heterocycles. The van der Waals surface area contributed by atoms with Gasteiger partial charge in [0.05, 0.1) is 0 Å². The smallest absolute Gasteiger partial charge is 0.303 e. The Labute approximate surface area is 421 Å². The second-order valence-electron chi connectivity index (χ2n) is 15.9. The van der Waals surface area contributed by atoms with Gasteiger partial charge in [-0.05, 0) is 72.8 Å². The van der Waals surface area contributed by atoms with Gasteiger partial charge in [-0.25, -0.2) is 0 Å². The average Bonchev–Trinajstić information content (AvgIpc) is 3.29. The second-order valence-corrected chi connectivity index (χ2v) is 18.2. The topological polar surface area (TPSA) is 287 Å². The van der Waals surface area contributed by atoms with Crippen molar-refractivity contribution in [3.05, 3.63) is 83.9 Å².